The van der Waals surface area contributed by atoms with Crippen LogP contribution in [0.1, 0.15) is 18.1 Å². The van der Waals surface area contributed by atoms with E-state index in [0.29, 0.717) is 5.75 Å². The van der Waals surface area contributed by atoms with Crippen LogP contribution in [0.15, 0.2) is 78.0 Å². The Balaban J connectivity index is 1.50. The molecule has 0 aliphatic carbocycles. The second-order valence-electron chi connectivity index (χ2n) is 5.99. The van der Waals surface area contributed by atoms with Gasteiger partial charge in [0.1, 0.15) is 5.75 Å². The number of hydrogen-bond acceptors (Lipinski definition) is 4. The van der Waals surface area contributed by atoms with E-state index in [-0.39, 0.29) is 12.5 Å². The topological polar surface area (TPSA) is 51.2 Å². The third kappa shape index (κ3) is 6.15. The SMILES string of the molecule is CCc1ccc(OCC(=O)Nc2cccc(CSc3ccccn3)c2)cc1. The minimum absolute atomic E-state index is 0.0155. The summed E-state index contributed by atoms with van der Waals surface area (Å²) in [4.78, 5) is 16.5. The zero-order valence-corrected chi connectivity index (χ0v) is 16.0. The molecule has 0 radical (unpaired) electrons. The van der Waals surface area contributed by atoms with Crippen molar-refractivity contribution in [3.63, 3.8) is 0 Å². The van der Waals surface area contributed by atoms with Gasteiger partial charge >= 0.3 is 0 Å². The lowest BCUT2D eigenvalue weighted by atomic mass is 10.2. The van der Waals surface area contributed by atoms with Crippen molar-refractivity contribution in [2.75, 3.05) is 11.9 Å². The van der Waals surface area contributed by atoms with Gasteiger partial charge < -0.3 is 10.1 Å². The molecule has 1 N–H and O–H groups in total. The zero-order chi connectivity index (χ0) is 18.9. The molecule has 0 saturated heterocycles. The van der Waals surface area contributed by atoms with E-state index < -0.39 is 0 Å². The molecule has 0 fully saturated rings. The molecule has 4 nitrogen and oxygen atoms in total. The fourth-order valence-corrected chi connectivity index (χ4v) is 3.30. The maximum absolute atomic E-state index is 12.1. The van der Waals surface area contributed by atoms with Gasteiger partial charge in [-0.3, -0.25) is 4.79 Å². The van der Waals surface area contributed by atoms with Crippen molar-refractivity contribution < 1.29 is 9.53 Å². The molecule has 1 aromatic heterocycles. The fraction of sp³-hybridized carbons (Fsp3) is 0.182. The highest BCUT2D eigenvalue weighted by molar-refractivity contribution is 7.98. The Labute approximate surface area is 164 Å². The highest BCUT2D eigenvalue weighted by Crippen LogP contribution is 2.22. The molecule has 3 aromatic rings. The number of hydrogen-bond donors (Lipinski definition) is 1. The van der Waals surface area contributed by atoms with Crippen LogP contribution in [-0.2, 0) is 17.0 Å². The Hall–Kier alpha value is -2.79. The Morgan fingerprint density at radius 1 is 1.04 bits per heavy atom. The highest BCUT2D eigenvalue weighted by Gasteiger charge is 2.05. The van der Waals surface area contributed by atoms with Crippen LogP contribution in [0.2, 0.25) is 0 Å². The molecule has 1 amide bonds. The van der Waals surface area contributed by atoms with E-state index in [9.17, 15) is 4.79 Å². The average Bonchev–Trinajstić information content (AvgIpc) is 2.72. The zero-order valence-electron chi connectivity index (χ0n) is 15.2. The number of benzene rings is 2. The third-order valence-electron chi connectivity index (χ3n) is 3.94. The number of anilines is 1. The third-order valence-corrected chi connectivity index (χ3v) is 4.95. The predicted octanol–water partition coefficient (Wildman–Crippen LogP) is 4.95. The quantitative estimate of drug-likeness (QED) is 0.563. The Bertz CT molecular complexity index is 867. The maximum Gasteiger partial charge on any atom is 0.262 e. The molecule has 0 saturated carbocycles. The molecule has 0 unspecified atom stereocenters. The van der Waals surface area contributed by atoms with Gasteiger partial charge in [0.2, 0.25) is 0 Å². The number of nitrogens with zero attached hydrogens (tertiary/aromatic N) is 1. The van der Waals surface area contributed by atoms with E-state index in [4.69, 9.17) is 4.74 Å². The summed E-state index contributed by atoms with van der Waals surface area (Å²) in [5.74, 6) is 1.31. The average molecular weight is 378 g/mol. The normalized spacial score (nSPS) is 10.4. The monoisotopic (exact) mass is 378 g/mol. The van der Waals surface area contributed by atoms with Gasteiger partial charge in [0.15, 0.2) is 6.61 Å². The largest absolute Gasteiger partial charge is 0.484 e. The van der Waals surface area contributed by atoms with Crippen LogP contribution < -0.4 is 10.1 Å². The Kier molecular flexibility index (Phi) is 6.88. The van der Waals surface area contributed by atoms with Crippen molar-refractivity contribution in [1.29, 1.82) is 0 Å². The van der Waals surface area contributed by atoms with Crippen LogP contribution >= 0.6 is 11.8 Å². The van der Waals surface area contributed by atoms with E-state index in [1.165, 1.54) is 5.56 Å². The van der Waals surface area contributed by atoms with Gasteiger partial charge in [-0.25, -0.2) is 4.98 Å². The molecule has 0 aliphatic rings. The predicted molar refractivity (Wildman–Crippen MR) is 110 cm³/mol. The maximum atomic E-state index is 12.1. The van der Waals surface area contributed by atoms with Gasteiger partial charge in [0, 0.05) is 17.6 Å². The number of thioether (sulfide) groups is 1. The second-order valence-corrected chi connectivity index (χ2v) is 6.99. The van der Waals surface area contributed by atoms with E-state index in [1.807, 2.05) is 66.7 Å². The molecule has 2 aromatic carbocycles. The fourth-order valence-electron chi connectivity index (χ4n) is 2.50. The van der Waals surface area contributed by atoms with Gasteiger partial charge in [-0.15, -0.1) is 11.8 Å². The summed E-state index contributed by atoms with van der Waals surface area (Å²) < 4.78 is 5.55. The highest BCUT2D eigenvalue weighted by atomic mass is 32.2. The van der Waals surface area contributed by atoms with Gasteiger partial charge in [-0.1, -0.05) is 37.3 Å². The van der Waals surface area contributed by atoms with Crippen LogP contribution in [0.3, 0.4) is 0 Å². The molecule has 1 heterocycles. The van der Waals surface area contributed by atoms with Gasteiger partial charge in [0.05, 0.1) is 5.03 Å². The molecule has 5 heteroatoms. The first-order valence-corrected chi connectivity index (χ1v) is 9.86. The summed E-state index contributed by atoms with van der Waals surface area (Å²) in [7, 11) is 0. The number of aryl methyl sites for hydroxylation is 1. The van der Waals surface area contributed by atoms with Crippen LogP contribution in [0, 0.1) is 0 Å². The molecular formula is C22H22N2O2S. The minimum atomic E-state index is -0.177. The van der Waals surface area contributed by atoms with E-state index in [2.05, 4.69) is 17.2 Å². The standard InChI is InChI=1S/C22H22N2O2S/c1-2-17-9-11-20(12-10-17)26-15-21(25)24-19-7-5-6-18(14-19)16-27-22-8-3-4-13-23-22/h3-14H,2,15-16H2,1H3,(H,24,25). The van der Waals surface area contributed by atoms with E-state index >= 15 is 0 Å². The summed E-state index contributed by atoms with van der Waals surface area (Å²) in [6.07, 6.45) is 2.77. The number of rotatable bonds is 8. The second kappa shape index (κ2) is 9.78. The van der Waals surface area contributed by atoms with Crippen LogP contribution in [0.5, 0.6) is 5.75 Å². The number of aromatic nitrogens is 1. The molecule has 0 aliphatic heterocycles. The first-order chi connectivity index (χ1) is 13.2. The Morgan fingerprint density at radius 2 is 1.89 bits per heavy atom. The van der Waals surface area contributed by atoms with Gasteiger partial charge in [-0.2, -0.15) is 0 Å². The number of ether oxygens (including phenoxy) is 1. The number of carbonyl (C=O) groups excluding carboxylic acids is 1. The van der Waals surface area contributed by atoms with Crippen LogP contribution in [-0.4, -0.2) is 17.5 Å². The van der Waals surface area contributed by atoms with Crippen LogP contribution in [0.4, 0.5) is 5.69 Å². The molecule has 0 atom stereocenters. The summed E-state index contributed by atoms with van der Waals surface area (Å²) in [5, 5.41) is 3.87. The lowest BCUT2D eigenvalue weighted by molar-refractivity contribution is -0.118. The van der Waals surface area contributed by atoms with Gasteiger partial charge in [-0.05, 0) is 53.9 Å². The first-order valence-electron chi connectivity index (χ1n) is 8.87. The van der Waals surface area contributed by atoms with E-state index in [1.54, 1.807) is 18.0 Å². The smallest absolute Gasteiger partial charge is 0.262 e. The summed E-state index contributed by atoms with van der Waals surface area (Å²) in [6, 6.07) is 21.5. The summed E-state index contributed by atoms with van der Waals surface area (Å²) >= 11 is 1.66. The van der Waals surface area contributed by atoms with Crippen molar-refractivity contribution in [3.8, 4) is 5.75 Å². The molecule has 0 spiro atoms. The minimum Gasteiger partial charge on any atom is -0.484 e. The summed E-state index contributed by atoms with van der Waals surface area (Å²) in [5.41, 5.74) is 3.13. The molecule has 0 bridgehead atoms. The molecule has 3 rings (SSSR count). The summed E-state index contributed by atoms with van der Waals surface area (Å²) in [6.45, 7) is 2.09. The van der Waals surface area contributed by atoms with Crippen molar-refractivity contribution in [3.05, 3.63) is 84.1 Å². The number of amides is 1. The number of carbonyl (C=O) groups is 1. The molecular weight excluding hydrogens is 356 g/mol. The van der Waals surface area contributed by atoms with E-state index in [0.717, 1.165) is 28.5 Å². The van der Waals surface area contributed by atoms with Crippen LogP contribution in [0.25, 0.3) is 0 Å². The van der Waals surface area contributed by atoms with Crippen molar-refractivity contribution >= 4 is 23.4 Å². The number of nitrogens with one attached hydrogen (secondary N) is 1. The van der Waals surface area contributed by atoms with Crippen molar-refractivity contribution in [1.82, 2.24) is 4.98 Å². The molecule has 27 heavy (non-hydrogen) atoms. The van der Waals surface area contributed by atoms with Crippen molar-refractivity contribution in [2.45, 2.75) is 24.1 Å². The first kappa shape index (κ1) is 19.0. The van der Waals surface area contributed by atoms with Gasteiger partial charge in [0.25, 0.3) is 5.91 Å². The molecule has 138 valence electrons. The van der Waals surface area contributed by atoms with Crippen molar-refractivity contribution in [2.24, 2.45) is 0 Å². The lowest BCUT2D eigenvalue weighted by Gasteiger charge is -2.09. The Morgan fingerprint density at radius 3 is 2.63 bits per heavy atom. The lowest BCUT2D eigenvalue weighted by Crippen LogP contribution is -2.20. The number of pyridine rings is 1.